The highest BCUT2D eigenvalue weighted by atomic mass is 16.5. The number of amides is 2. The molecule has 0 aliphatic heterocycles. The van der Waals surface area contributed by atoms with Crippen LogP contribution in [0.15, 0.2) is 22.8 Å². The first-order valence-electron chi connectivity index (χ1n) is 5.28. The maximum Gasteiger partial charge on any atom is 0.315 e. The molecule has 1 aromatic heterocycles. The molecule has 2 amide bonds. The SMILES string of the molecule is COCCNC(=O)N[C@H](C)Cc1ccco1. The summed E-state index contributed by atoms with van der Waals surface area (Å²) in [5.74, 6) is 0.865. The Bertz CT molecular complexity index is 298. The molecule has 1 rings (SSSR count). The molecule has 0 aliphatic rings. The van der Waals surface area contributed by atoms with Crippen LogP contribution in [-0.2, 0) is 11.2 Å². The van der Waals surface area contributed by atoms with Gasteiger partial charge >= 0.3 is 6.03 Å². The van der Waals surface area contributed by atoms with E-state index in [-0.39, 0.29) is 12.1 Å². The minimum absolute atomic E-state index is 0.0358. The molecule has 1 aromatic rings. The monoisotopic (exact) mass is 226 g/mol. The summed E-state index contributed by atoms with van der Waals surface area (Å²) in [4.78, 5) is 11.3. The van der Waals surface area contributed by atoms with Crippen molar-refractivity contribution >= 4 is 6.03 Å². The molecular weight excluding hydrogens is 208 g/mol. The molecule has 2 N–H and O–H groups in total. The normalized spacial score (nSPS) is 12.1. The third kappa shape index (κ3) is 4.84. The number of ether oxygens (including phenoxy) is 1. The van der Waals surface area contributed by atoms with Gasteiger partial charge in [0, 0.05) is 26.1 Å². The molecule has 0 saturated heterocycles. The van der Waals surface area contributed by atoms with E-state index in [0.717, 1.165) is 5.76 Å². The van der Waals surface area contributed by atoms with Crippen LogP contribution in [0.5, 0.6) is 0 Å². The van der Waals surface area contributed by atoms with Gasteiger partial charge in [-0.25, -0.2) is 4.79 Å². The standard InChI is InChI=1S/C11H18N2O3/c1-9(8-10-4-3-6-16-10)13-11(14)12-5-7-15-2/h3-4,6,9H,5,7-8H2,1-2H3,(H2,12,13,14)/t9-/m1/s1. The van der Waals surface area contributed by atoms with Crippen molar-refractivity contribution in [2.24, 2.45) is 0 Å². The highest BCUT2D eigenvalue weighted by molar-refractivity contribution is 5.74. The van der Waals surface area contributed by atoms with E-state index in [9.17, 15) is 4.79 Å². The van der Waals surface area contributed by atoms with Gasteiger partial charge in [0.05, 0.1) is 12.9 Å². The van der Waals surface area contributed by atoms with Gasteiger partial charge in [-0.1, -0.05) is 0 Å². The van der Waals surface area contributed by atoms with Crippen molar-refractivity contribution in [3.63, 3.8) is 0 Å². The molecule has 0 spiro atoms. The van der Waals surface area contributed by atoms with Gasteiger partial charge in [0.2, 0.25) is 0 Å². The van der Waals surface area contributed by atoms with Crippen LogP contribution in [0.25, 0.3) is 0 Å². The van der Waals surface area contributed by atoms with Gasteiger partial charge in [0.25, 0.3) is 0 Å². The van der Waals surface area contributed by atoms with Gasteiger partial charge < -0.3 is 19.8 Å². The van der Waals surface area contributed by atoms with E-state index < -0.39 is 0 Å². The van der Waals surface area contributed by atoms with E-state index in [1.165, 1.54) is 0 Å². The summed E-state index contributed by atoms with van der Waals surface area (Å²) in [5, 5.41) is 5.50. The van der Waals surface area contributed by atoms with Crippen LogP contribution >= 0.6 is 0 Å². The lowest BCUT2D eigenvalue weighted by molar-refractivity contribution is 0.195. The second-order valence-electron chi connectivity index (χ2n) is 3.58. The van der Waals surface area contributed by atoms with Crippen LogP contribution < -0.4 is 10.6 Å². The molecule has 0 bridgehead atoms. The molecule has 0 saturated carbocycles. The summed E-state index contributed by atoms with van der Waals surface area (Å²) in [6.45, 7) is 2.95. The van der Waals surface area contributed by atoms with Gasteiger partial charge in [-0.3, -0.25) is 0 Å². The third-order valence-electron chi connectivity index (χ3n) is 2.06. The van der Waals surface area contributed by atoms with Crippen LogP contribution in [-0.4, -0.2) is 32.3 Å². The average Bonchev–Trinajstić information content (AvgIpc) is 2.70. The molecule has 5 nitrogen and oxygen atoms in total. The average molecular weight is 226 g/mol. The van der Waals surface area contributed by atoms with Crippen LogP contribution in [0.1, 0.15) is 12.7 Å². The number of hydrogen-bond acceptors (Lipinski definition) is 3. The number of hydrogen-bond donors (Lipinski definition) is 2. The van der Waals surface area contributed by atoms with Crippen LogP contribution in [0.2, 0.25) is 0 Å². The first-order valence-corrected chi connectivity index (χ1v) is 5.28. The second kappa shape index (κ2) is 6.90. The summed E-state index contributed by atoms with van der Waals surface area (Å²) in [5.41, 5.74) is 0. The Morgan fingerprint density at radius 2 is 2.44 bits per heavy atom. The molecular formula is C11H18N2O3. The largest absolute Gasteiger partial charge is 0.469 e. The van der Waals surface area contributed by atoms with Gasteiger partial charge in [-0.15, -0.1) is 0 Å². The van der Waals surface area contributed by atoms with Crippen LogP contribution in [0.4, 0.5) is 4.79 Å². The molecule has 16 heavy (non-hydrogen) atoms. The lowest BCUT2D eigenvalue weighted by Crippen LogP contribution is -2.42. The fourth-order valence-electron chi connectivity index (χ4n) is 1.32. The highest BCUT2D eigenvalue weighted by Crippen LogP contribution is 2.03. The maximum absolute atomic E-state index is 11.3. The predicted molar refractivity (Wildman–Crippen MR) is 60.3 cm³/mol. The molecule has 0 radical (unpaired) electrons. The molecule has 1 heterocycles. The topological polar surface area (TPSA) is 63.5 Å². The number of urea groups is 1. The number of rotatable bonds is 6. The molecule has 1 atom stereocenters. The summed E-state index contributed by atoms with van der Waals surface area (Å²) >= 11 is 0. The van der Waals surface area contributed by atoms with Gasteiger partial charge in [-0.2, -0.15) is 0 Å². The Hall–Kier alpha value is -1.49. The van der Waals surface area contributed by atoms with E-state index >= 15 is 0 Å². The van der Waals surface area contributed by atoms with Gasteiger partial charge in [0.1, 0.15) is 5.76 Å². The van der Waals surface area contributed by atoms with Crippen LogP contribution in [0, 0.1) is 0 Å². The summed E-state index contributed by atoms with van der Waals surface area (Å²) < 4.78 is 10.0. The van der Waals surface area contributed by atoms with Crippen molar-refractivity contribution in [2.75, 3.05) is 20.3 Å². The highest BCUT2D eigenvalue weighted by Gasteiger charge is 2.08. The van der Waals surface area contributed by atoms with Crippen molar-refractivity contribution in [3.8, 4) is 0 Å². The molecule has 0 fully saturated rings. The Morgan fingerprint density at radius 3 is 3.06 bits per heavy atom. The van der Waals surface area contributed by atoms with Crippen molar-refractivity contribution in [1.29, 1.82) is 0 Å². The number of carbonyl (C=O) groups is 1. The maximum atomic E-state index is 11.3. The van der Waals surface area contributed by atoms with E-state index in [1.807, 2.05) is 19.1 Å². The first kappa shape index (κ1) is 12.6. The van der Waals surface area contributed by atoms with Crippen LogP contribution in [0.3, 0.4) is 0 Å². The van der Waals surface area contributed by atoms with Crippen molar-refractivity contribution in [3.05, 3.63) is 24.2 Å². The minimum Gasteiger partial charge on any atom is -0.469 e. The first-order chi connectivity index (χ1) is 7.72. The van der Waals surface area contributed by atoms with Crippen molar-refractivity contribution in [2.45, 2.75) is 19.4 Å². The van der Waals surface area contributed by atoms with E-state index in [1.54, 1.807) is 13.4 Å². The molecule has 90 valence electrons. The third-order valence-corrected chi connectivity index (χ3v) is 2.06. The zero-order valence-electron chi connectivity index (χ0n) is 9.66. The number of nitrogens with one attached hydrogen (secondary N) is 2. The summed E-state index contributed by atoms with van der Waals surface area (Å²) in [6.07, 6.45) is 2.31. The fraction of sp³-hybridized carbons (Fsp3) is 0.545. The lowest BCUT2D eigenvalue weighted by Gasteiger charge is -2.13. The number of carbonyl (C=O) groups excluding carboxylic acids is 1. The molecule has 0 unspecified atom stereocenters. The summed E-state index contributed by atoms with van der Waals surface area (Å²) in [7, 11) is 1.60. The zero-order valence-corrected chi connectivity index (χ0v) is 9.66. The number of furan rings is 1. The Morgan fingerprint density at radius 1 is 1.62 bits per heavy atom. The number of methoxy groups -OCH3 is 1. The van der Waals surface area contributed by atoms with Crippen molar-refractivity contribution in [1.82, 2.24) is 10.6 Å². The second-order valence-corrected chi connectivity index (χ2v) is 3.58. The Kier molecular flexibility index (Phi) is 5.42. The fourth-order valence-corrected chi connectivity index (χ4v) is 1.32. The summed E-state index contributed by atoms with van der Waals surface area (Å²) in [6, 6.07) is 3.58. The predicted octanol–water partition coefficient (Wildman–Crippen LogP) is 1.16. The van der Waals surface area contributed by atoms with E-state index in [4.69, 9.17) is 9.15 Å². The van der Waals surface area contributed by atoms with Crippen molar-refractivity contribution < 1.29 is 13.9 Å². The van der Waals surface area contributed by atoms with E-state index in [2.05, 4.69) is 10.6 Å². The Balaban J connectivity index is 2.18. The quantitative estimate of drug-likeness (QED) is 0.715. The molecule has 5 heteroatoms. The Labute approximate surface area is 95.2 Å². The van der Waals surface area contributed by atoms with Gasteiger partial charge in [-0.05, 0) is 19.1 Å². The van der Waals surface area contributed by atoms with Gasteiger partial charge in [0.15, 0.2) is 0 Å². The smallest absolute Gasteiger partial charge is 0.315 e. The van der Waals surface area contributed by atoms with E-state index in [0.29, 0.717) is 19.6 Å². The zero-order chi connectivity index (χ0) is 11.8. The lowest BCUT2D eigenvalue weighted by atomic mass is 10.2. The molecule has 0 aliphatic carbocycles. The minimum atomic E-state index is -0.184. The molecule has 0 aromatic carbocycles.